The first-order valence-electron chi connectivity index (χ1n) is 4.72. The Balaban J connectivity index is 2.32. The van der Waals surface area contributed by atoms with Crippen LogP contribution in [0.3, 0.4) is 0 Å². The molecule has 72 valence electrons. The van der Waals surface area contributed by atoms with Crippen molar-refractivity contribution in [2.45, 2.75) is 19.8 Å². The minimum Gasteiger partial charge on any atom is -0.198 e. The van der Waals surface area contributed by atoms with Gasteiger partial charge in [0, 0.05) is 10.9 Å². The largest absolute Gasteiger partial charge is 0.198 e. The number of nitriles is 1. The molecule has 0 N–H and O–H groups in total. The van der Waals surface area contributed by atoms with Crippen molar-refractivity contribution in [3.05, 3.63) is 34.9 Å². The zero-order chi connectivity index (χ0) is 10.3. The Morgan fingerprint density at radius 1 is 1.43 bits per heavy atom. The molecule has 1 saturated carbocycles. The first-order chi connectivity index (χ1) is 6.57. The van der Waals surface area contributed by atoms with E-state index in [1.54, 1.807) is 0 Å². The van der Waals surface area contributed by atoms with Crippen LogP contribution in [0, 0.1) is 22.7 Å². The van der Waals surface area contributed by atoms with E-state index in [9.17, 15) is 0 Å². The molecule has 2 rings (SSSR count). The van der Waals surface area contributed by atoms with Crippen LogP contribution in [0.15, 0.2) is 24.3 Å². The van der Waals surface area contributed by atoms with Crippen molar-refractivity contribution in [1.82, 2.24) is 0 Å². The van der Waals surface area contributed by atoms with E-state index in [1.807, 2.05) is 18.2 Å². The number of nitrogens with zero attached hydrogens (tertiary/aromatic N) is 1. The Hall–Kier alpha value is -1.00. The zero-order valence-corrected chi connectivity index (χ0v) is 9.05. The average molecular weight is 206 g/mol. The monoisotopic (exact) mass is 205 g/mol. The minimum atomic E-state index is 0.111. The Morgan fingerprint density at radius 2 is 2.14 bits per heavy atom. The van der Waals surface area contributed by atoms with Crippen LogP contribution in [0.5, 0.6) is 0 Å². The van der Waals surface area contributed by atoms with E-state index in [0.717, 1.165) is 5.02 Å². The van der Waals surface area contributed by atoms with E-state index in [0.29, 0.717) is 5.92 Å². The quantitative estimate of drug-likeness (QED) is 0.687. The van der Waals surface area contributed by atoms with E-state index in [1.165, 1.54) is 5.56 Å². The molecule has 1 aliphatic carbocycles. The van der Waals surface area contributed by atoms with Crippen molar-refractivity contribution < 1.29 is 0 Å². The maximum absolute atomic E-state index is 8.96. The number of rotatable bonds is 1. The predicted octanol–water partition coefficient (Wildman–Crippen LogP) is 3.60. The third-order valence-electron chi connectivity index (χ3n) is 3.17. The SMILES string of the molecule is CC1(C)[C@H](C#N)[C@H]1c1cccc(Cl)c1. The van der Waals surface area contributed by atoms with Crippen molar-refractivity contribution in [1.29, 1.82) is 5.26 Å². The van der Waals surface area contributed by atoms with Gasteiger partial charge >= 0.3 is 0 Å². The van der Waals surface area contributed by atoms with Crippen molar-refractivity contribution in [2.75, 3.05) is 0 Å². The molecule has 2 atom stereocenters. The molecule has 0 spiro atoms. The van der Waals surface area contributed by atoms with Crippen molar-refractivity contribution >= 4 is 11.6 Å². The van der Waals surface area contributed by atoms with Crippen LogP contribution in [-0.2, 0) is 0 Å². The molecule has 0 amide bonds. The number of hydrogen-bond acceptors (Lipinski definition) is 1. The van der Waals surface area contributed by atoms with Gasteiger partial charge in [-0.15, -0.1) is 0 Å². The molecule has 14 heavy (non-hydrogen) atoms. The number of benzene rings is 1. The second-order valence-electron chi connectivity index (χ2n) is 4.46. The van der Waals surface area contributed by atoms with Gasteiger partial charge in [-0.2, -0.15) is 5.26 Å². The van der Waals surface area contributed by atoms with Gasteiger partial charge in [0.1, 0.15) is 0 Å². The van der Waals surface area contributed by atoms with Gasteiger partial charge in [-0.05, 0) is 23.1 Å². The summed E-state index contributed by atoms with van der Waals surface area (Å²) in [5.41, 5.74) is 1.30. The average Bonchev–Trinajstić information content (AvgIpc) is 2.68. The van der Waals surface area contributed by atoms with E-state index >= 15 is 0 Å². The maximum Gasteiger partial charge on any atom is 0.0668 e. The molecule has 1 aliphatic rings. The lowest BCUT2D eigenvalue weighted by Crippen LogP contribution is -1.89. The summed E-state index contributed by atoms with van der Waals surface area (Å²) in [6, 6.07) is 10.2. The van der Waals surface area contributed by atoms with Crippen molar-refractivity contribution in [3.63, 3.8) is 0 Å². The normalized spacial score (nSPS) is 28.1. The number of hydrogen-bond donors (Lipinski definition) is 0. The summed E-state index contributed by atoms with van der Waals surface area (Å²) in [5.74, 6) is 0.493. The third-order valence-corrected chi connectivity index (χ3v) is 3.41. The lowest BCUT2D eigenvalue weighted by Gasteiger charge is -2.02. The molecule has 1 aromatic carbocycles. The third kappa shape index (κ3) is 1.31. The molecular formula is C12H12ClN. The molecule has 2 heteroatoms. The van der Waals surface area contributed by atoms with E-state index in [-0.39, 0.29) is 11.3 Å². The van der Waals surface area contributed by atoms with E-state index < -0.39 is 0 Å². The molecule has 1 fully saturated rings. The fraction of sp³-hybridized carbons (Fsp3) is 0.417. The lowest BCUT2D eigenvalue weighted by atomic mass is 10.0. The van der Waals surface area contributed by atoms with Crippen LogP contribution in [0.1, 0.15) is 25.3 Å². The van der Waals surface area contributed by atoms with Crippen LogP contribution in [0.25, 0.3) is 0 Å². The Morgan fingerprint density at radius 3 is 2.64 bits per heavy atom. The molecular weight excluding hydrogens is 194 g/mol. The van der Waals surface area contributed by atoms with Crippen LogP contribution >= 0.6 is 11.6 Å². The topological polar surface area (TPSA) is 23.8 Å². The fourth-order valence-corrected chi connectivity index (χ4v) is 2.40. The first kappa shape index (κ1) is 9.55. The molecule has 1 nitrogen and oxygen atoms in total. The Bertz CT molecular complexity index is 403. The van der Waals surface area contributed by atoms with Gasteiger partial charge in [-0.25, -0.2) is 0 Å². The summed E-state index contributed by atoms with van der Waals surface area (Å²) >= 11 is 5.92. The van der Waals surface area contributed by atoms with Crippen LogP contribution in [0.4, 0.5) is 0 Å². The highest BCUT2D eigenvalue weighted by Gasteiger charge is 2.58. The summed E-state index contributed by atoms with van der Waals surface area (Å²) in [7, 11) is 0. The highest BCUT2D eigenvalue weighted by molar-refractivity contribution is 6.30. The summed E-state index contributed by atoms with van der Waals surface area (Å²) in [5, 5.41) is 9.71. The highest BCUT2D eigenvalue weighted by Crippen LogP contribution is 2.64. The molecule has 0 aromatic heterocycles. The number of halogens is 1. The molecule has 0 unspecified atom stereocenters. The van der Waals surface area contributed by atoms with Crippen molar-refractivity contribution in [2.24, 2.45) is 11.3 Å². The molecule has 0 radical (unpaired) electrons. The summed E-state index contributed by atoms with van der Waals surface area (Å²) in [6.45, 7) is 4.26. The summed E-state index contributed by atoms with van der Waals surface area (Å²) < 4.78 is 0. The van der Waals surface area contributed by atoms with Crippen molar-refractivity contribution in [3.8, 4) is 6.07 Å². The highest BCUT2D eigenvalue weighted by atomic mass is 35.5. The molecule has 1 aromatic rings. The van der Waals surface area contributed by atoms with E-state index in [4.69, 9.17) is 16.9 Å². The second-order valence-corrected chi connectivity index (χ2v) is 4.90. The van der Waals surface area contributed by atoms with Crippen LogP contribution in [0.2, 0.25) is 5.02 Å². The van der Waals surface area contributed by atoms with E-state index in [2.05, 4.69) is 26.0 Å². The van der Waals surface area contributed by atoms with Gasteiger partial charge < -0.3 is 0 Å². The molecule has 0 saturated heterocycles. The second kappa shape index (κ2) is 3.00. The van der Waals surface area contributed by atoms with Gasteiger partial charge in [0.25, 0.3) is 0 Å². The zero-order valence-electron chi connectivity index (χ0n) is 8.29. The molecule has 0 aliphatic heterocycles. The van der Waals surface area contributed by atoms with Gasteiger partial charge in [0.05, 0.1) is 12.0 Å². The van der Waals surface area contributed by atoms with Gasteiger partial charge in [0.15, 0.2) is 0 Å². The van der Waals surface area contributed by atoms with Gasteiger partial charge in [-0.3, -0.25) is 0 Å². The standard InChI is InChI=1S/C12H12ClN/c1-12(2)10(7-14)11(12)8-4-3-5-9(13)6-8/h3-6,10-11H,1-2H3/t10-,11-/m1/s1. The summed E-state index contributed by atoms with van der Waals surface area (Å²) in [4.78, 5) is 0. The van der Waals surface area contributed by atoms with Gasteiger partial charge in [0.2, 0.25) is 0 Å². The Labute approximate surface area is 89.3 Å². The fourth-order valence-electron chi connectivity index (χ4n) is 2.20. The Kier molecular flexibility index (Phi) is 2.05. The maximum atomic E-state index is 8.96. The first-order valence-corrected chi connectivity index (χ1v) is 5.10. The molecule has 0 heterocycles. The van der Waals surface area contributed by atoms with Gasteiger partial charge in [-0.1, -0.05) is 37.6 Å². The smallest absolute Gasteiger partial charge is 0.0668 e. The minimum absolute atomic E-state index is 0.111. The molecule has 0 bridgehead atoms. The summed E-state index contributed by atoms with van der Waals surface area (Å²) in [6.07, 6.45) is 0. The predicted molar refractivity (Wildman–Crippen MR) is 57.1 cm³/mol. The van der Waals surface area contributed by atoms with Crippen LogP contribution in [-0.4, -0.2) is 0 Å². The van der Waals surface area contributed by atoms with Crippen LogP contribution < -0.4 is 0 Å². The lowest BCUT2D eigenvalue weighted by molar-refractivity contribution is 0.596.